The van der Waals surface area contributed by atoms with Crippen molar-refractivity contribution in [1.29, 1.82) is 0 Å². The Bertz CT molecular complexity index is 1060. The van der Waals surface area contributed by atoms with Crippen LogP contribution in [0, 0.1) is 0 Å². The van der Waals surface area contributed by atoms with Crippen LogP contribution in [0.4, 0.5) is 0 Å². The number of fused-ring (bicyclic) bond motifs is 3. The molecule has 1 fully saturated rings. The fraction of sp³-hybridized carbons (Fsp3) is 0.353. The molecule has 0 N–H and O–H groups in total. The van der Waals surface area contributed by atoms with E-state index in [2.05, 4.69) is 10.1 Å². The molecule has 9 heteroatoms. The van der Waals surface area contributed by atoms with Gasteiger partial charge in [-0.1, -0.05) is 0 Å². The topological polar surface area (TPSA) is 92.8 Å². The van der Waals surface area contributed by atoms with Gasteiger partial charge in [0.2, 0.25) is 11.8 Å². The Kier molecular flexibility index (Phi) is 3.90. The molecule has 9 nitrogen and oxygen atoms in total. The third-order valence-corrected chi connectivity index (χ3v) is 4.74. The van der Waals surface area contributed by atoms with Crippen LogP contribution in [0.1, 0.15) is 6.92 Å². The Hall–Kier alpha value is -3.23. The molecule has 4 rings (SSSR count). The molecule has 1 aliphatic heterocycles. The molecule has 2 amide bonds. The lowest BCUT2D eigenvalue weighted by atomic mass is 10.3. The zero-order valence-electron chi connectivity index (χ0n) is 14.3. The van der Waals surface area contributed by atoms with Crippen molar-refractivity contribution in [2.45, 2.75) is 13.5 Å². The van der Waals surface area contributed by atoms with E-state index in [1.54, 1.807) is 38.8 Å². The van der Waals surface area contributed by atoms with E-state index in [0.29, 0.717) is 42.7 Å². The van der Waals surface area contributed by atoms with Crippen LogP contribution < -0.4 is 5.56 Å². The summed E-state index contributed by atoms with van der Waals surface area (Å²) >= 11 is 0. The molecule has 0 bridgehead atoms. The van der Waals surface area contributed by atoms with Gasteiger partial charge in [0.15, 0.2) is 5.65 Å². The molecule has 1 aliphatic rings. The van der Waals surface area contributed by atoms with Crippen molar-refractivity contribution in [3.05, 3.63) is 41.1 Å². The average molecular weight is 354 g/mol. The van der Waals surface area contributed by atoms with E-state index in [-0.39, 0.29) is 23.9 Å². The fourth-order valence-corrected chi connectivity index (χ4v) is 3.24. The Balaban J connectivity index is 1.57. The predicted octanol–water partition coefficient (Wildman–Crippen LogP) is -0.265. The van der Waals surface area contributed by atoms with Crippen LogP contribution in [0.3, 0.4) is 0 Å². The van der Waals surface area contributed by atoms with Crippen molar-refractivity contribution in [2.75, 3.05) is 26.2 Å². The highest BCUT2D eigenvalue weighted by molar-refractivity contribution is 5.80. The van der Waals surface area contributed by atoms with E-state index < -0.39 is 0 Å². The Morgan fingerprint density at radius 2 is 1.85 bits per heavy atom. The molecule has 0 unspecified atom stereocenters. The molecule has 3 aromatic heterocycles. The van der Waals surface area contributed by atoms with Gasteiger partial charge in [-0.2, -0.15) is 5.10 Å². The van der Waals surface area contributed by atoms with Gasteiger partial charge in [0.05, 0.1) is 17.1 Å². The van der Waals surface area contributed by atoms with Crippen molar-refractivity contribution in [3.63, 3.8) is 0 Å². The van der Waals surface area contributed by atoms with Crippen molar-refractivity contribution >= 4 is 28.4 Å². The van der Waals surface area contributed by atoms with E-state index in [4.69, 9.17) is 0 Å². The molecule has 0 atom stereocenters. The summed E-state index contributed by atoms with van der Waals surface area (Å²) < 4.78 is 2.99. The van der Waals surface area contributed by atoms with Crippen LogP contribution in [0.25, 0.3) is 16.6 Å². The average Bonchev–Trinajstić information content (AvgIpc) is 3.13. The third-order valence-electron chi connectivity index (χ3n) is 4.74. The van der Waals surface area contributed by atoms with Crippen molar-refractivity contribution in [3.8, 4) is 0 Å². The first kappa shape index (κ1) is 16.2. The summed E-state index contributed by atoms with van der Waals surface area (Å²) in [5.74, 6) is -0.122. The third kappa shape index (κ3) is 2.71. The highest BCUT2D eigenvalue weighted by Gasteiger charge is 2.22. The largest absolute Gasteiger partial charge is 0.339 e. The molecule has 0 spiro atoms. The smallest absolute Gasteiger partial charge is 0.262 e. The van der Waals surface area contributed by atoms with Crippen molar-refractivity contribution in [2.24, 2.45) is 0 Å². The predicted molar refractivity (Wildman–Crippen MR) is 93.6 cm³/mol. The van der Waals surface area contributed by atoms with E-state index in [0.717, 1.165) is 0 Å². The quantitative estimate of drug-likeness (QED) is 0.632. The molecule has 0 aromatic carbocycles. The number of aromatic nitrogens is 4. The summed E-state index contributed by atoms with van der Waals surface area (Å²) in [4.78, 5) is 44.2. The number of carbonyl (C=O) groups excluding carboxylic acids is 2. The van der Waals surface area contributed by atoms with Crippen LogP contribution in [-0.2, 0) is 16.1 Å². The summed E-state index contributed by atoms with van der Waals surface area (Å²) in [5.41, 5.74) is 1.04. The summed E-state index contributed by atoms with van der Waals surface area (Å²) in [6.45, 7) is 3.50. The number of pyridine rings is 1. The molecule has 0 aliphatic carbocycles. The molecule has 134 valence electrons. The minimum atomic E-state index is -0.275. The Morgan fingerprint density at radius 1 is 1.12 bits per heavy atom. The van der Waals surface area contributed by atoms with Gasteiger partial charge in [-0.05, 0) is 6.07 Å². The monoisotopic (exact) mass is 354 g/mol. The van der Waals surface area contributed by atoms with Gasteiger partial charge in [0.1, 0.15) is 6.54 Å². The molecule has 0 saturated carbocycles. The van der Waals surface area contributed by atoms with Crippen molar-refractivity contribution in [1.82, 2.24) is 29.0 Å². The molecule has 26 heavy (non-hydrogen) atoms. The zero-order valence-corrected chi connectivity index (χ0v) is 14.3. The molecule has 3 aromatic rings. The summed E-state index contributed by atoms with van der Waals surface area (Å²) in [5, 5.41) is 4.59. The lowest BCUT2D eigenvalue weighted by Gasteiger charge is -2.34. The number of nitrogens with zero attached hydrogens (tertiary/aromatic N) is 6. The Labute approximate surface area is 148 Å². The first-order chi connectivity index (χ1) is 12.5. The van der Waals surface area contributed by atoms with Gasteiger partial charge in [0.25, 0.3) is 5.56 Å². The Morgan fingerprint density at radius 3 is 2.58 bits per heavy atom. The second-order valence-corrected chi connectivity index (χ2v) is 6.29. The van der Waals surface area contributed by atoms with Crippen LogP contribution in [0.2, 0.25) is 0 Å². The highest BCUT2D eigenvalue weighted by Crippen LogP contribution is 2.11. The summed E-state index contributed by atoms with van der Waals surface area (Å²) in [7, 11) is 0. The first-order valence-electron chi connectivity index (χ1n) is 8.40. The van der Waals surface area contributed by atoms with Gasteiger partial charge in [-0.25, -0.2) is 9.50 Å². The zero-order chi connectivity index (χ0) is 18.3. The number of rotatable bonds is 2. The summed E-state index contributed by atoms with van der Waals surface area (Å²) in [6, 6.07) is 3.52. The number of amides is 2. The number of hydrogen-bond acceptors (Lipinski definition) is 5. The lowest BCUT2D eigenvalue weighted by Crippen LogP contribution is -2.51. The van der Waals surface area contributed by atoms with Gasteiger partial charge in [-0.15, -0.1) is 0 Å². The van der Waals surface area contributed by atoms with Gasteiger partial charge in [-0.3, -0.25) is 14.4 Å². The number of carbonyl (C=O) groups is 2. The summed E-state index contributed by atoms with van der Waals surface area (Å²) in [6.07, 6.45) is 4.74. The fourth-order valence-electron chi connectivity index (χ4n) is 3.24. The van der Waals surface area contributed by atoms with E-state index >= 15 is 0 Å². The minimum absolute atomic E-state index is 0.0142. The van der Waals surface area contributed by atoms with Gasteiger partial charge < -0.3 is 14.4 Å². The second-order valence-electron chi connectivity index (χ2n) is 6.29. The second kappa shape index (κ2) is 6.25. The minimum Gasteiger partial charge on any atom is -0.339 e. The lowest BCUT2D eigenvalue weighted by molar-refractivity contribution is -0.138. The number of piperazine rings is 1. The highest BCUT2D eigenvalue weighted by atomic mass is 16.2. The molecule has 0 radical (unpaired) electrons. The molecular formula is C17H18N6O3. The normalized spacial score (nSPS) is 15.0. The molecule has 1 saturated heterocycles. The van der Waals surface area contributed by atoms with Crippen LogP contribution in [0.5, 0.6) is 0 Å². The van der Waals surface area contributed by atoms with Crippen LogP contribution in [0.15, 0.2) is 35.5 Å². The van der Waals surface area contributed by atoms with Crippen LogP contribution >= 0.6 is 0 Å². The maximum atomic E-state index is 12.7. The van der Waals surface area contributed by atoms with Gasteiger partial charge in [0, 0.05) is 51.6 Å². The standard InChI is InChI=1S/C17H18N6O3/c1-12(24)20-6-8-21(9-7-20)16(25)11-22-5-3-14-13(17(22)26)10-18-15-2-4-19-23(14)15/h2-5,10H,6-9,11H2,1H3. The SMILES string of the molecule is CC(=O)N1CCN(C(=O)Cn2ccc3c(cnc4ccnn43)c2=O)CC1. The number of hydrogen-bond donors (Lipinski definition) is 0. The molecular weight excluding hydrogens is 336 g/mol. The maximum Gasteiger partial charge on any atom is 0.262 e. The van der Waals surface area contributed by atoms with E-state index in [1.165, 1.54) is 17.7 Å². The molecule has 4 heterocycles. The van der Waals surface area contributed by atoms with Crippen LogP contribution in [-0.4, -0.2) is 67.0 Å². The maximum absolute atomic E-state index is 12.7. The first-order valence-corrected chi connectivity index (χ1v) is 8.40. The van der Waals surface area contributed by atoms with E-state index in [9.17, 15) is 14.4 Å². The van der Waals surface area contributed by atoms with E-state index in [1.807, 2.05) is 0 Å². The van der Waals surface area contributed by atoms with Gasteiger partial charge >= 0.3 is 0 Å². The van der Waals surface area contributed by atoms with Crippen molar-refractivity contribution < 1.29 is 9.59 Å².